The number of rotatable bonds is 3. The normalized spacial score (nSPS) is 16.3. The van der Waals surface area contributed by atoms with Crippen LogP contribution in [-0.2, 0) is 0 Å². The summed E-state index contributed by atoms with van der Waals surface area (Å²) >= 11 is 0. The van der Waals surface area contributed by atoms with Crippen molar-refractivity contribution in [1.29, 1.82) is 0 Å². The quantitative estimate of drug-likeness (QED) is 0.301. The van der Waals surface area contributed by atoms with Crippen molar-refractivity contribution in [2.45, 2.75) is 33.7 Å². The molecule has 0 aromatic carbocycles. The lowest BCUT2D eigenvalue weighted by molar-refractivity contribution is 0.156. The zero-order valence-corrected chi connectivity index (χ0v) is 9.20. The number of oxime groups is 1. The molecule has 0 aromatic heterocycles. The molecule has 3 N–H and O–H groups in total. The lowest BCUT2D eigenvalue weighted by Gasteiger charge is -2.34. The van der Waals surface area contributed by atoms with Crippen molar-refractivity contribution >= 4 is 5.84 Å². The van der Waals surface area contributed by atoms with Crippen LogP contribution in [0.3, 0.4) is 0 Å². The molecule has 4 heteroatoms. The molecule has 0 aromatic rings. The molecule has 1 unspecified atom stereocenters. The van der Waals surface area contributed by atoms with Gasteiger partial charge in [0.25, 0.3) is 0 Å². The summed E-state index contributed by atoms with van der Waals surface area (Å²) in [5, 5.41) is 11.4. The average molecular weight is 187 g/mol. The van der Waals surface area contributed by atoms with E-state index >= 15 is 0 Å². The summed E-state index contributed by atoms with van der Waals surface area (Å²) in [6.45, 7) is 9.13. The molecule has 0 radical (unpaired) electrons. The Labute approximate surface area is 80.4 Å². The van der Waals surface area contributed by atoms with E-state index in [1.165, 1.54) is 0 Å². The molecule has 0 amide bonds. The van der Waals surface area contributed by atoms with Crippen LogP contribution < -0.4 is 5.73 Å². The minimum absolute atomic E-state index is 0.199. The van der Waals surface area contributed by atoms with Gasteiger partial charge in [0.2, 0.25) is 0 Å². The van der Waals surface area contributed by atoms with E-state index in [1.807, 2.05) is 7.05 Å². The molecule has 0 saturated carbocycles. The van der Waals surface area contributed by atoms with E-state index < -0.39 is 0 Å². The SMILES string of the molecule is CC(N(C)CC(N)=NO)C(C)(C)C. The Morgan fingerprint density at radius 1 is 1.54 bits per heavy atom. The van der Waals surface area contributed by atoms with E-state index in [-0.39, 0.29) is 11.3 Å². The molecule has 0 heterocycles. The summed E-state index contributed by atoms with van der Waals surface area (Å²) in [6, 6.07) is 0.382. The topological polar surface area (TPSA) is 61.8 Å². The van der Waals surface area contributed by atoms with Crippen molar-refractivity contribution in [1.82, 2.24) is 4.90 Å². The van der Waals surface area contributed by atoms with Gasteiger partial charge in [0, 0.05) is 6.04 Å². The summed E-state index contributed by atoms with van der Waals surface area (Å²) in [4.78, 5) is 2.06. The van der Waals surface area contributed by atoms with E-state index in [2.05, 4.69) is 37.8 Å². The second kappa shape index (κ2) is 4.46. The summed E-state index contributed by atoms with van der Waals surface area (Å²) in [6.07, 6.45) is 0. The van der Waals surface area contributed by atoms with Crippen molar-refractivity contribution < 1.29 is 5.21 Å². The Hall–Kier alpha value is -0.770. The molecule has 0 aliphatic rings. The molecule has 0 rings (SSSR count). The number of nitrogens with zero attached hydrogens (tertiary/aromatic N) is 2. The Morgan fingerprint density at radius 2 is 2.00 bits per heavy atom. The minimum atomic E-state index is 0.199. The maximum atomic E-state index is 8.40. The number of hydrogen-bond acceptors (Lipinski definition) is 3. The molecular formula is C9H21N3O. The Morgan fingerprint density at radius 3 is 2.31 bits per heavy atom. The third-order valence-corrected chi connectivity index (χ3v) is 2.45. The predicted octanol–water partition coefficient (Wildman–Crippen LogP) is 1.10. The molecule has 0 bridgehead atoms. The van der Waals surface area contributed by atoms with E-state index in [0.29, 0.717) is 12.6 Å². The van der Waals surface area contributed by atoms with Crippen molar-refractivity contribution in [2.24, 2.45) is 16.3 Å². The van der Waals surface area contributed by atoms with Gasteiger partial charge in [0.1, 0.15) is 0 Å². The molecule has 78 valence electrons. The van der Waals surface area contributed by atoms with Crippen molar-refractivity contribution in [2.75, 3.05) is 13.6 Å². The van der Waals surface area contributed by atoms with Crippen LogP contribution >= 0.6 is 0 Å². The first-order chi connectivity index (χ1) is 5.79. The van der Waals surface area contributed by atoms with Gasteiger partial charge >= 0.3 is 0 Å². The highest BCUT2D eigenvalue weighted by atomic mass is 16.4. The maximum Gasteiger partial charge on any atom is 0.153 e. The molecule has 1 atom stereocenters. The monoisotopic (exact) mass is 187 g/mol. The Kier molecular flexibility index (Phi) is 4.20. The largest absolute Gasteiger partial charge is 0.409 e. The highest BCUT2D eigenvalue weighted by Crippen LogP contribution is 2.22. The molecule has 0 spiro atoms. The van der Waals surface area contributed by atoms with Crippen LogP contribution in [0.2, 0.25) is 0 Å². The van der Waals surface area contributed by atoms with Crippen LogP contribution in [0.4, 0.5) is 0 Å². The zero-order valence-electron chi connectivity index (χ0n) is 9.20. The fraction of sp³-hybridized carbons (Fsp3) is 0.889. The first-order valence-electron chi connectivity index (χ1n) is 4.45. The summed E-state index contributed by atoms with van der Waals surface area (Å²) in [5.74, 6) is 0.249. The van der Waals surface area contributed by atoms with Crippen LogP contribution in [0, 0.1) is 5.41 Å². The van der Waals surface area contributed by atoms with Gasteiger partial charge < -0.3 is 10.9 Å². The standard InChI is InChI=1S/C9H21N3O/c1-7(9(2,3)4)12(5)6-8(10)11-13/h7,13H,6H2,1-5H3,(H2,10,11). The smallest absolute Gasteiger partial charge is 0.153 e. The summed E-state index contributed by atoms with van der Waals surface area (Å²) < 4.78 is 0. The third kappa shape index (κ3) is 4.12. The van der Waals surface area contributed by atoms with Crippen molar-refractivity contribution in [3.05, 3.63) is 0 Å². The number of nitrogens with two attached hydrogens (primary N) is 1. The van der Waals surface area contributed by atoms with Crippen LogP contribution in [0.1, 0.15) is 27.7 Å². The van der Waals surface area contributed by atoms with E-state index in [9.17, 15) is 0 Å². The first kappa shape index (κ1) is 12.2. The maximum absolute atomic E-state index is 8.40. The van der Waals surface area contributed by atoms with Gasteiger partial charge in [-0.2, -0.15) is 0 Å². The van der Waals surface area contributed by atoms with Crippen LogP contribution in [0.5, 0.6) is 0 Å². The number of amidine groups is 1. The summed E-state index contributed by atoms with van der Waals surface area (Å²) in [5.41, 5.74) is 5.61. The fourth-order valence-corrected chi connectivity index (χ4v) is 1.09. The minimum Gasteiger partial charge on any atom is -0.409 e. The van der Waals surface area contributed by atoms with Gasteiger partial charge in [-0.25, -0.2) is 0 Å². The van der Waals surface area contributed by atoms with Gasteiger partial charge in [-0.15, -0.1) is 0 Å². The Bertz CT molecular complexity index is 184. The average Bonchev–Trinajstić information content (AvgIpc) is 2.01. The zero-order chi connectivity index (χ0) is 10.6. The van der Waals surface area contributed by atoms with Crippen LogP contribution in [0.15, 0.2) is 5.16 Å². The van der Waals surface area contributed by atoms with Gasteiger partial charge in [-0.3, -0.25) is 4.90 Å². The van der Waals surface area contributed by atoms with E-state index in [1.54, 1.807) is 0 Å². The lowest BCUT2D eigenvalue weighted by Crippen LogP contribution is -2.43. The highest BCUT2D eigenvalue weighted by Gasteiger charge is 2.23. The van der Waals surface area contributed by atoms with Crippen molar-refractivity contribution in [3.63, 3.8) is 0 Å². The Balaban J connectivity index is 4.20. The van der Waals surface area contributed by atoms with Crippen molar-refractivity contribution in [3.8, 4) is 0 Å². The molecule has 0 fully saturated rings. The van der Waals surface area contributed by atoms with E-state index in [4.69, 9.17) is 10.9 Å². The highest BCUT2D eigenvalue weighted by molar-refractivity contribution is 5.81. The number of likely N-dealkylation sites (N-methyl/N-ethyl adjacent to an activating group) is 1. The van der Waals surface area contributed by atoms with E-state index in [0.717, 1.165) is 0 Å². The molecular weight excluding hydrogens is 166 g/mol. The van der Waals surface area contributed by atoms with Gasteiger partial charge in [-0.05, 0) is 19.4 Å². The second-order valence-electron chi connectivity index (χ2n) is 4.55. The molecule has 0 saturated heterocycles. The number of hydrogen-bond donors (Lipinski definition) is 2. The van der Waals surface area contributed by atoms with Gasteiger partial charge in [0.05, 0.1) is 6.54 Å². The van der Waals surface area contributed by atoms with Gasteiger partial charge in [-0.1, -0.05) is 25.9 Å². The molecule has 4 nitrogen and oxygen atoms in total. The van der Waals surface area contributed by atoms with Gasteiger partial charge in [0.15, 0.2) is 5.84 Å². The first-order valence-corrected chi connectivity index (χ1v) is 4.45. The van der Waals surface area contributed by atoms with Crippen LogP contribution in [0.25, 0.3) is 0 Å². The molecule has 0 aliphatic heterocycles. The lowest BCUT2D eigenvalue weighted by atomic mass is 9.87. The fourth-order valence-electron chi connectivity index (χ4n) is 1.09. The third-order valence-electron chi connectivity index (χ3n) is 2.45. The molecule has 13 heavy (non-hydrogen) atoms. The summed E-state index contributed by atoms with van der Waals surface area (Å²) in [7, 11) is 1.97. The molecule has 0 aliphatic carbocycles. The van der Waals surface area contributed by atoms with Crippen LogP contribution in [-0.4, -0.2) is 35.6 Å². The predicted molar refractivity (Wildman–Crippen MR) is 55.0 cm³/mol. The second-order valence-corrected chi connectivity index (χ2v) is 4.55.